The number of nitrogens with one attached hydrogen (secondary N) is 2. The summed E-state index contributed by atoms with van der Waals surface area (Å²) < 4.78 is 15.6. The lowest BCUT2D eigenvalue weighted by Gasteiger charge is -2.10. The van der Waals surface area contributed by atoms with Gasteiger partial charge in [0.15, 0.2) is 12.2 Å². The van der Waals surface area contributed by atoms with Gasteiger partial charge in [0.2, 0.25) is 0 Å². The normalized spacial score (nSPS) is 10.1. The number of rotatable bonds is 5. The molecule has 0 aliphatic carbocycles. The predicted octanol–water partition coefficient (Wildman–Crippen LogP) is 2.94. The van der Waals surface area contributed by atoms with Gasteiger partial charge in [-0.3, -0.25) is 9.59 Å². The molecule has 8 heteroatoms. The zero-order chi connectivity index (χ0) is 19.2. The number of ether oxygens (including phenoxy) is 2. The first-order valence-corrected chi connectivity index (χ1v) is 7.94. The Bertz CT molecular complexity index is 936. The molecule has 0 bridgehead atoms. The number of carbonyl (C=O) groups is 2. The molecular formula is C19H17N3O5. The molecule has 27 heavy (non-hydrogen) atoms. The fourth-order valence-corrected chi connectivity index (χ4v) is 2.37. The molecule has 1 heterocycles. The molecule has 3 rings (SSSR count). The van der Waals surface area contributed by atoms with Crippen LogP contribution in [0.15, 0.2) is 59.5 Å². The molecule has 0 saturated heterocycles. The second-order valence-corrected chi connectivity index (χ2v) is 5.42. The van der Waals surface area contributed by atoms with Crippen molar-refractivity contribution in [1.82, 2.24) is 4.98 Å². The third-order valence-electron chi connectivity index (χ3n) is 3.71. The molecule has 0 atom stereocenters. The van der Waals surface area contributed by atoms with Crippen molar-refractivity contribution in [1.29, 1.82) is 0 Å². The first-order valence-electron chi connectivity index (χ1n) is 7.94. The van der Waals surface area contributed by atoms with E-state index in [4.69, 9.17) is 13.9 Å². The highest BCUT2D eigenvalue weighted by Crippen LogP contribution is 2.32. The van der Waals surface area contributed by atoms with Gasteiger partial charge in [-0.15, -0.1) is 0 Å². The fraction of sp³-hybridized carbons (Fsp3) is 0.105. The van der Waals surface area contributed by atoms with Crippen molar-refractivity contribution in [3.8, 4) is 22.8 Å². The summed E-state index contributed by atoms with van der Waals surface area (Å²) in [6.45, 7) is 0. The van der Waals surface area contributed by atoms with E-state index in [1.54, 1.807) is 55.8 Å². The van der Waals surface area contributed by atoms with Gasteiger partial charge < -0.3 is 24.5 Å². The molecular weight excluding hydrogens is 350 g/mol. The molecule has 3 aromatic rings. The van der Waals surface area contributed by atoms with Gasteiger partial charge in [-0.1, -0.05) is 0 Å². The van der Waals surface area contributed by atoms with Gasteiger partial charge in [-0.25, -0.2) is 4.98 Å². The second-order valence-electron chi connectivity index (χ2n) is 5.42. The Kier molecular flexibility index (Phi) is 5.36. The summed E-state index contributed by atoms with van der Waals surface area (Å²) in [4.78, 5) is 28.1. The first kappa shape index (κ1) is 18.0. The zero-order valence-electron chi connectivity index (χ0n) is 14.7. The smallest absolute Gasteiger partial charge is 0.314 e. The highest BCUT2D eigenvalue weighted by atomic mass is 16.5. The second kappa shape index (κ2) is 8.05. The number of nitrogens with zero attached hydrogens (tertiary/aromatic N) is 1. The average molecular weight is 367 g/mol. The number of aromatic nitrogens is 1. The Morgan fingerprint density at radius 2 is 1.59 bits per heavy atom. The lowest BCUT2D eigenvalue weighted by atomic mass is 10.1. The monoisotopic (exact) mass is 367 g/mol. The van der Waals surface area contributed by atoms with Crippen molar-refractivity contribution < 1.29 is 23.5 Å². The maximum Gasteiger partial charge on any atom is 0.314 e. The Labute approximate surface area is 155 Å². The fourth-order valence-electron chi connectivity index (χ4n) is 2.37. The van der Waals surface area contributed by atoms with Crippen molar-refractivity contribution in [3.05, 3.63) is 55.1 Å². The first-order chi connectivity index (χ1) is 13.1. The summed E-state index contributed by atoms with van der Waals surface area (Å²) in [6, 6.07) is 11.6. The van der Waals surface area contributed by atoms with Crippen molar-refractivity contribution >= 4 is 23.2 Å². The Morgan fingerprint density at radius 3 is 2.19 bits per heavy atom. The number of oxazole rings is 1. The van der Waals surface area contributed by atoms with Gasteiger partial charge in [0.05, 0.1) is 26.0 Å². The molecule has 138 valence electrons. The summed E-state index contributed by atoms with van der Waals surface area (Å²) in [7, 11) is 3.04. The van der Waals surface area contributed by atoms with E-state index in [2.05, 4.69) is 15.6 Å². The van der Waals surface area contributed by atoms with Crippen LogP contribution in [0.2, 0.25) is 0 Å². The topological polar surface area (TPSA) is 103 Å². The molecule has 8 nitrogen and oxygen atoms in total. The molecule has 0 unspecified atom stereocenters. The van der Waals surface area contributed by atoms with Gasteiger partial charge in [-0.05, 0) is 36.4 Å². The summed E-state index contributed by atoms with van der Waals surface area (Å²) in [5, 5.41) is 5.04. The molecule has 0 aliphatic rings. The molecule has 2 N–H and O–H groups in total. The number of methoxy groups -OCH3 is 2. The Balaban J connectivity index is 1.68. The maximum atomic E-state index is 12.1. The van der Waals surface area contributed by atoms with Crippen molar-refractivity contribution in [2.75, 3.05) is 24.9 Å². The van der Waals surface area contributed by atoms with Crippen LogP contribution >= 0.6 is 0 Å². The highest BCUT2D eigenvalue weighted by Gasteiger charge is 2.16. The Morgan fingerprint density at radius 1 is 0.926 bits per heavy atom. The zero-order valence-corrected chi connectivity index (χ0v) is 14.7. The minimum absolute atomic E-state index is 0.407. The summed E-state index contributed by atoms with van der Waals surface area (Å²) in [5.41, 5.74) is 1.56. The van der Waals surface area contributed by atoms with Crippen molar-refractivity contribution in [2.45, 2.75) is 0 Å². The van der Waals surface area contributed by atoms with Crippen LogP contribution in [0.4, 0.5) is 11.4 Å². The van der Waals surface area contributed by atoms with Crippen LogP contribution in [-0.4, -0.2) is 31.0 Å². The third-order valence-corrected chi connectivity index (χ3v) is 3.71. The molecule has 0 saturated carbocycles. The molecule has 2 aromatic carbocycles. The van der Waals surface area contributed by atoms with Gasteiger partial charge in [0, 0.05) is 17.4 Å². The molecule has 1 aromatic heterocycles. The largest absolute Gasteiger partial charge is 0.497 e. The minimum atomic E-state index is -0.805. The van der Waals surface area contributed by atoms with E-state index in [9.17, 15) is 9.59 Å². The van der Waals surface area contributed by atoms with Gasteiger partial charge in [-0.2, -0.15) is 0 Å². The highest BCUT2D eigenvalue weighted by molar-refractivity contribution is 6.43. The third kappa shape index (κ3) is 4.24. The van der Waals surface area contributed by atoms with Crippen LogP contribution < -0.4 is 20.1 Å². The quantitative estimate of drug-likeness (QED) is 0.672. The standard InChI is InChI=1S/C19H17N3O5/c1-25-14-6-3-12(4-7-14)21-18(23)19(24)22-13-5-8-15(16(9-13)26-2)17-10-20-11-27-17/h3-11H,1-2H3,(H,21,23)(H,22,24). The van der Waals surface area contributed by atoms with Crippen molar-refractivity contribution in [3.63, 3.8) is 0 Å². The number of hydrogen-bond donors (Lipinski definition) is 2. The summed E-state index contributed by atoms with van der Waals surface area (Å²) in [5.74, 6) is 0.0530. The predicted molar refractivity (Wildman–Crippen MR) is 98.7 cm³/mol. The van der Waals surface area contributed by atoms with Crippen molar-refractivity contribution in [2.24, 2.45) is 0 Å². The average Bonchev–Trinajstić information content (AvgIpc) is 3.23. The van der Waals surface area contributed by atoms with Gasteiger partial charge in [0.25, 0.3) is 0 Å². The van der Waals surface area contributed by atoms with E-state index >= 15 is 0 Å². The number of carbonyl (C=O) groups excluding carboxylic acids is 2. The number of anilines is 2. The van der Waals surface area contributed by atoms with Crippen LogP contribution in [-0.2, 0) is 9.59 Å². The minimum Gasteiger partial charge on any atom is -0.497 e. The lowest BCUT2D eigenvalue weighted by Crippen LogP contribution is -2.29. The molecule has 0 fully saturated rings. The maximum absolute atomic E-state index is 12.1. The molecule has 2 amide bonds. The summed E-state index contributed by atoms with van der Waals surface area (Å²) >= 11 is 0. The van der Waals surface area contributed by atoms with E-state index in [1.165, 1.54) is 13.5 Å². The van der Waals surface area contributed by atoms with Crippen LogP contribution in [0.25, 0.3) is 11.3 Å². The SMILES string of the molecule is COc1ccc(NC(=O)C(=O)Nc2ccc(-c3cnco3)c(OC)c2)cc1. The summed E-state index contributed by atoms with van der Waals surface area (Å²) in [6.07, 6.45) is 2.87. The van der Waals surface area contributed by atoms with Crippen LogP contribution in [0.1, 0.15) is 0 Å². The van der Waals surface area contributed by atoms with E-state index in [-0.39, 0.29) is 0 Å². The number of amides is 2. The van der Waals surface area contributed by atoms with E-state index in [1.807, 2.05) is 0 Å². The van der Waals surface area contributed by atoms with Crippen LogP contribution in [0, 0.1) is 0 Å². The van der Waals surface area contributed by atoms with Crippen LogP contribution in [0.5, 0.6) is 11.5 Å². The van der Waals surface area contributed by atoms with Gasteiger partial charge >= 0.3 is 11.8 Å². The van der Waals surface area contributed by atoms with Gasteiger partial charge in [0.1, 0.15) is 11.5 Å². The van der Waals surface area contributed by atoms with Crippen LogP contribution in [0.3, 0.4) is 0 Å². The Hall–Kier alpha value is -3.81. The molecule has 0 spiro atoms. The van der Waals surface area contributed by atoms with E-state index in [0.717, 1.165) is 0 Å². The molecule has 0 aliphatic heterocycles. The lowest BCUT2D eigenvalue weighted by molar-refractivity contribution is -0.132. The van der Waals surface area contributed by atoms with E-state index in [0.29, 0.717) is 34.2 Å². The van der Waals surface area contributed by atoms with E-state index < -0.39 is 11.8 Å². The number of benzene rings is 2. The number of hydrogen-bond acceptors (Lipinski definition) is 6. The molecule has 0 radical (unpaired) electrons.